The van der Waals surface area contributed by atoms with Gasteiger partial charge in [-0.1, -0.05) is 70.6 Å². The lowest BCUT2D eigenvalue weighted by Crippen LogP contribution is -2.35. The average Bonchev–Trinajstić information content (AvgIpc) is 3.34. The van der Waals surface area contributed by atoms with Crippen molar-refractivity contribution in [2.24, 2.45) is 11.0 Å². The van der Waals surface area contributed by atoms with Crippen molar-refractivity contribution in [3.63, 3.8) is 0 Å². The van der Waals surface area contributed by atoms with Gasteiger partial charge in [0, 0.05) is 16.7 Å². The van der Waals surface area contributed by atoms with E-state index in [9.17, 15) is 5.11 Å². The van der Waals surface area contributed by atoms with Crippen LogP contribution in [0.4, 0.5) is 0 Å². The number of hydrogen-bond acceptors (Lipinski definition) is 5. The summed E-state index contributed by atoms with van der Waals surface area (Å²) in [6.07, 6.45) is 5.07. The van der Waals surface area contributed by atoms with Crippen molar-refractivity contribution in [2.75, 3.05) is 0 Å². The number of hydrazone groups is 1. The first kappa shape index (κ1) is 27.1. The van der Waals surface area contributed by atoms with Crippen LogP contribution in [0.2, 0.25) is 5.02 Å². The number of hydrogen-bond donors (Lipinski definition) is 4. The van der Waals surface area contributed by atoms with Gasteiger partial charge in [0.25, 0.3) is 0 Å². The molecule has 0 aliphatic carbocycles. The first-order chi connectivity index (χ1) is 15.4. The molecule has 1 aliphatic rings. The number of aryl methyl sites for hydroxylation is 1. The van der Waals surface area contributed by atoms with Crippen LogP contribution in [0.3, 0.4) is 0 Å². The van der Waals surface area contributed by atoms with Gasteiger partial charge in [0.1, 0.15) is 5.75 Å². The van der Waals surface area contributed by atoms with Crippen LogP contribution >= 0.6 is 11.6 Å². The van der Waals surface area contributed by atoms with Crippen LogP contribution in [0.5, 0.6) is 5.75 Å². The van der Waals surface area contributed by atoms with Gasteiger partial charge >= 0.3 is 0 Å². The van der Waals surface area contributed by atoms with Gasteiger partial charge in [-0.05, 0) is 60.7 Å². The summed E-state index contributed by atoms with van der Waals surface area (Å²) in [5.74, 6) is 7.84. The Balaban J connectivity index is 0.000000646. The van der Waals surface area contributed by atoms with Gasteiger partial charge < -0.3 is 5.11 Å². The molecule has 0 aromatic heterocycles. The molecule has 0 radical (unpaired) electrons. The molecule has 2 aromatic carbocycles. The van der Waals surface area contributed by atoms with E-state index in [1.54, 1.807) is 12.1 Å². The highest BCUT2D eigenvalue weighted by Crippen LogP contribution is 2.21. The number of phenols is 1. The van der Waals surface area contributed by atoms with Crippen LogP contribution in [0.25, 0.3) is 0 Å². The Hall–Kier alpha value is -2.94. The number of halogens is 1. The predicted octanol–water partition coefficient (Wildman–Crippen LogP) is 5.92. The fourth-order valence-electron chi connectivity index (χ4n) is 2.51. The van der Waals surface area contributed by atoms with Gasteiger partial charge in [-0.2, -0.15) is 0 Å². The molecule has 3 rings (SSSR count). The number of unbranched alkanes of at least 4 members (excludes halogenated alkanes) is 1. The molecule has 1 heterocycles. The van der Waals surface area contributed by atoms with Gasteiger partial charge in [-0.25, -0.2) is 5.53 Å². The van der Waals surface area contributed by atoms with Gasteiger partial charge in [0.05, 0.1) is 5.02 Å². The number of nitrogens with zero attached hydrogens (tertiary/aromatic N) is 1. The maximum Gasteiger partial charge on any atom is 0.170 e. The molecule has 32 heavy (non-hydrogen) atoms. The highest BCUT2D eigenvalue weighted by Gasteiger charge is 2.10. The van der Waals surface area contributed by atoms with Crippen LogP contribution in [-0.2, 0) is 6.42 Å². The Morgan fingerprint density at radius 3 is 2.34 bits per heavy atom. The summed E-state index contributed by atoms with van der Waals surface area (Å²) in [5, 5.41) is 14.0. The number of amidine groups is 1. The smallest absolute Gasteiger partial charge is 0.170 e. The summed E-state index contributed by atoms with van der Waals surface area (Å²) in [4.78, 5) is 0. The third-order valence-corrected chi connectivity index (χ3v) is 4.65. The van der Waals surface area contributed by atoms with Crippen molar-refractivity contribution < 1.29 is 5.11 Å². The van der Waals surface area contributed by atoms with Crippen molar-refractivity contribution in [1.82, 2.24) is 16.5 Å². The fourth-order valence-corrected chi connectivity index (χ4v) is 2.73. The fraction of sp³-hybridized carbons (Fsp3) is 0.346. The van der Waals surface area contributed by atoms with Gasteiger partial charge in [-0.3, -0.25) is 5.43 Å². The number of allylic oxidation sites excluding steroid dienone is 1. The summed E-state index contributed by atoms with van der Waals surface area (Å²) in [6, 6.07) is 10.9. The Morgan fingerprint density at radius 1 is 1.12 bits per heavy atom. The molecule has 2 aromatic rings. The van der Waals surface area contributed by atoms with E-state index >= 15 is 0 Å². The molecule has 0 spiro atoms. The number of aromatic hydroxyl groups is 1. The Labute approximate surface area is 197 Å². The van der Waals surface area contributed by atoms with Crippen LogP contribution in [-0.4, -0.2) is 10.9 Å². The molecule has 4 N–H and O–H groups in total. The minimum absolute atomic E-state index is 0.135. The molecule has 6 heteroatoms. The van der Waals surface area contributed by atoms with Crippen LogP contribution in [0.1, 0.15) is 69.7 Å². The Morgan fingerprint density at radius 2 is 1.78 bits per heavy atom. The summed E-state index contributed by atoms with van der Waals surface area (Å²) in [6.45, 7) is 13.9. The van der Waals surface area contributed by atoms with Crippen LogP contribution < -0.4 is 16.5 Å². The van der Waals surface area contributed by atoms with E-state index in [4.69, 9.17) is 11.6 Å². The zero-order valence-electron chi connectivity index (χ0n) is 19.7. The molecule has 0 bridgehead atoms. The third kappa shape index (κ3) is 9.05. The highest BCUT2D eigenvalue weighted by molar-refractivity contribution is 6.31. The number of nitrogens with one attached hydrogen (secondary N) is 3. The summed E-state index contributed by atoms with van der Waals surface area (Å²) < 4.78 is 0. The third-order valence-electron chi connectivity index (χ3n) is 4.34. The lowest BCUT2D eigenvalue weighted by atomic mass is 9.98. The van der Waals surface area contributed by atoms with Gasteiger partial charge in [0.15, 0.2) is 5.84 Å². The maximum absolute atomic E-state index is 9.44. The largest absolute Gasteiger partial charge is 0.508 e. The molecule has 172 valence electrons. The molecular weight excluding hydrogens is 420 g/mol. The SMILES string of the molecule is C=CC(C)C.CC.CCCCc1cc(C2=NNNN2)ccc1C#Cc1ccc(O)cc1Cl. The van der Waals surface area contributed by atoms with E-state index in [0.29, 0.717) is 16.5 Å². The first-order valence-electron chi connectivity index (χ1n) is 11.0. The lowest BCUT2D eigenvalue weighted by Gasteiger charge is -2.08. The predicted molar refractivity (Wildman–Crippen MR) is 136 cm³/mol. The van der Waals surface area contributed by atoms with Crippen LogP contribution in [0.15, 0.2) is 54.2 Å². The quantitative estimate of drug-likeness (QED) is 0.334. The normalized spacial score (nSPS) is 11.4. The summed E-state index contributed by atoms with van der Waals surface area (Å²) in [7, 11) is 0. The van der Waals surface area contributed by atoms with Crippen molar-refractivity contribution >= 4 is 17.4 Å². The molecule has 0 atom stereocenters. The maximum atomic E-state index is 9.44. The van der Waals surface area contributed by atoms with Crippen LogP contribution in [0, 0.1) is 17.8 Å². The second-order valence-electron chi connectivity index (χ2n) is 7.19. The van der Waals surface area contributed by atoms with Crippen molar-refractivity contribution in [1.29, 1.82) is 0 Å². The van der Waals surface area contributed by atoms with Crippen molar-refractivity contribution in [2.45, 2.75) is 53.9 Å². The van der Waals surface area contributed by atoms with E-state index in [0.717, 1.165) is 36.2 Å². The zero-order chi connectivity index (χ0) is 23.9. The number of benzene rings is 2. The molecule has 0 fully saturated rings. The van der Waals surface area contributed by atoms with Crippen molar-refractivity contribution in [3.05, 3.63) is 76.3 Å². The zero-order valence-corrected chi connectivity index (χ0v) is 20.5. The topological polar surface area (TPSA) is 68.7 Å². The molecule has 0 saturated carbocycles. The first-order valence-corrected chi connectivity index (χ1v) is 11.4. The summed E-state index contributed by atoms with van der Waals surface area (Å²) in [5.41, 5.74) is 12.2. The lowest BCUT2D eigenvalue weighted by molar-refractivity contribution is 0.475. The Bertz CT molecular complexity index is 958. The monoisotopic (exact) mass is 454 g/mol. The average molecular weight is 455 g/mol. The summed E-state index contributed by atoms with van der Waals surface area (Å²) >= 11 is 6.13. The standard InChI is InChI=1S/C19H19ClN4O.C5H10.C2H6/c1-2-3-4-15-11-16(19-21-23-24-22-19)8-6-13(15)5-7-14-9-10-17(25)12-18(14)20;1-4-5(2)3;1-2/h6,8-12,23-25H,2-4H2,1H3,(H,21,22);4-5H,1H2,2-3H3;1-2H3. The number of hydrazine groups is 2. The molecule has 0 unspecified atom stereocenters. The second kappa shape index (κ2) is 15.0. The molecule has 0 amide bonds. The number of phenolic OH excluding ortho intramolecular Hbond substituents is 1. The minimum Gasteiger partial charge on any atom is -0.508 e. The van der Waals surface area contributed by atoms with E-state index in [1.807, 2.05) is 32.1 Å². The molecule has 0 saturated heterocycles. The molecule has 1 aliphatic heterocycles. The Kier molecular flexibility index (Phi) is 12.7. The second-order valence-corrected chi connectivity index (χ2v) is 7.60. The molecule has 5 nitrogen and oxygen atoms in total. The van der Waals surface area contributed by atoms with E-state index in [1.165, 1.54) is 11.6 Å². The van der Waals surface area contributed by atoms with E-state index in [2.05, 4.69) is 66.9 Å². The minimum atomic E-state index is 0.135. The van der Waals surface area contributed by atoms with E-state index in [-0.39, 0.29) is 5.75 Å². The van der Waals surface area contributed by atoms with E-state index < -0.39 is 0 Å². The van der Waals surface area contributed by atoms with Gasteiger partial charge in [-0.15, -0.1) is 17.2 Å². The van der Waals surface area contributed by atoms with Gasteiger partial charge in [0.2, 0.25) is 0 Å². The highest BCUT2D eigenvalue weighted by atomic mass is 35.5. The number of rotatable bonds is 5. The molecular formula is C26H35ClN4O. The van der Waals surface area contributed by atoms with Crippen molar-refractivity contribution in [3.8, 4) is 17.6 Å².